The first kappa shape index (κ1) is 15.2. The smallest absolute Gasteiger partial charge is 0.272 e. The van der Waals surface area contributed by atoms with Crippen LogP contribution in [-0.2, 0) is 0 Å². The molecule has 6 heteroatoms. The third kappa shape index (κ3) is 3.46. The van der Waals surface area contributed by atoms with E-state index < -0.39 is 0 Å². The Hall–Kier alpha value is -2.21. The van der Waals surface area contributed by atoms with Crippen LogP contribution in [0.5, 0.6) is 0 Å². The maximum Gasteiger partial charge on any atom is 0.272 e. The fourth-order valence-electron chi connectivity index (χ4n) is 2.21. The van der Waals surface area contributed by atoms with Crippen LogP contribution in [0.2, 0.25) is 0 Å². The van der Waals surface area contributed by atoms with E-state index in [0.717, 1.165) is 36.3 Å². The van der Waals surface area contributed by atoms with Crippen molar-refractivity contribution >= 4 is 5.69 Å². The molecule has 112 valence electrons. The number of nitrogens with one attached hydrogen (secondary N) is 1. The van der Waals surface area contributed by atoms with Gasteiger partial charge >= 0.3 is 0 Å². The van der Waals surface area contributed by atoms with E-state index in [1.165, 1.54) is 0 Å². The summed E-state index contributed by atoms with van der Waals surface area (Å²) in [5, 5.41) is 11.0. The molecule has 21 heavy (non-hydrogen) atoms. The van der Waals surface area contributed by atoms with Gasteiger partial charge < -0.3 is 10.7 Å². The Balaban J connectivity index is 2.25. The number of nitrogens with two attached hydrogens (primary N) is 1. The standard InChI is InChI=1S/C15H20N4O2/c1-3-4-5-12(16)15-17-9-13(18-15)11-7-6-10(2)14(8-11)19(20)21/h6-9,12H,3-5,16H2,1-2H3,(H,17,18). The Kier molecular flexibility index (Phi) is 4.70. The fraction of sp³-hybridized carbons (Fsp3) is 0.400. The van der Waals surface area contributed by atoms with Crippen molar-refractivity contribution in [2.24, 2.45) is 5.73 Å². The number of nitro groups is 1. The third-order valence-corrected chi connectivity index (χ3v) is 3.53. The predicted molar refractivity (Wildman–Crippen MR) is 81.9 cm³/mol. The number of nitrogens with zero attached hydrogens (tertiary/aromatic N) is 2. The second kappa shape index (κ2) is 6.49. The number of imidazole rings is 1. The van der Waals surface area contributed by atoms with Gasteiger partial charge in [0.1, 0.15) is 5.82 Å². The highest BCUT2D eigenvalue weighted by atomic mass is 16.6. The van der Waals surface area contributed by atoms with Gasteiger partial charge in [0.2, 0.25) is 0 Å². The van der Waals surface area contributed by atoms with Crippen LogP contribution in [-0.4, -0.2) is 14.9 Å². The van der Waals surface area contributed by atoms with Crippen molar-refractivity contribution in [3.05, 3.63) is 45.9 Å². The summed E-state index contributed by atoms with van der Waals surface area (Å²) in [6, 6.07) is 5.02. The van der Waals surface area contributed by atoms with Crippen molar-refractivity contribution in [2.75, 3.05) is 0 Å². The van der Waals surface area contributed by atoms with E-state index in [9.17, 15) is 10.1 Å². The van der Waals surface area contributed by atoms with Crippen LogP contribution in [0.3, 0.4) is 0 Å². The third-order valence-electron chi connectivity index (χ3n) is 3.53. The van der Waals surface area contributed by atoms with E-state index in [1.807, 2.05) is 6.07 Å². The zero-order valence-electron chi connectivity index (χ0n) is 12.3. The summed E-state index contributed by atoms with van der Waals surface area (Å²) in [7, 11) is 0. The number of aromatic nitrogens is 2. The average molecular weight is 288 g/mol. The Labute approximate surface area is 123 Å². The predicted octanol–water partition coefficient (Wildman–Crippen LogP) is 3.48. The van der Waals surface area contributed by atoms with Crippen LogP contribution < -0.4 is 5.73 Å². The van der Waals surface area contributed by atoms with Gasteiger partial charge in [-0.25, -0.2) is 4.98 Å². The molecule has 0 saturated heterocycles. The quantitative estimate of drug-likeness (QED) is 0.628. The molecule has 3 N–H and O–H groups in total. The van der Waals surface area contributed by atoms with Gasteiger partial charge in [0.05, 0.1) is 22.9 Å². The molecular weight excluding hydrogens is 268 g/mol. The largest absolute Gasteiger partial charge is 0.341 e. The lowest BCUT2D eigenvalue weighted by molar-refractivity contribution is -0.385. The lowest BCUT2D eigenvalue weighted by atomic mass is 10.1. The normalized spacial score (nSPS) is 12.3. The zero-order chi connectivity index (χ0) is 15.4. The first-order valence-corrected chi connectivity index (χ1v) is 7.08. The van der Waals surface area contributed by atoms with Crippen molar-refractivity contribution in [3.63, 3.8) is 0 Å². The molecule has 1 atom stereocenters. The van der Waals surface area contributed by atoms with Crippen molar-refractivity contribution in [1.82, 2.24) is 9.97 Å². The second-order valence-corrected chi connectivity index (χ2v) is 5.19. The number of aryl methyl sites for hydroxylation is 1. The highest BCUT2D eigenvalue weighted by Crippen LogP contribution is 2.26. The molecular formula is C15H20N4O2. The first-order valence-electron chi connectivity index (χ1n) is 7.08. The van der Waals surface area contributed by atoms with E-state index in [2.05, 4.69) is 16.9 Å². The molecule has 0 spiro atoms. The molecule has 2 rings (SSSR count). The van der Waals surface area contributed by atoms with Gasteiger partial charge in [-0.1, -0.05) is 31.9 Å². The highest BCUT2D eigenvalue weighted by Gasteiger charge is 2.14. The van der Waals surface area contributed by atoms with Gasteiger partial charge in [0, 0.05) is 17.2 Å². The molecule has 0 radical (unpaired) electrons. The van der Waals surface area contributed by atoms with E-state index >= 15 is 0 Å². The Morgan fingerprint density at radius 1 is 1.48 bits per heavy atom. The number of nitro benzene ring substituents is 1. The van der Waals surface area contributed by atoms with Crippen LogP contribution >= 0.6 is 0 Å². The molecule has 1 unspecified atom stereocenters. The van der Waals surface area contributed by atoms with Gasteiger partial charge in [0.25, 0.3) is 5.69 Å². The molecule has 1 heterocycles. The molecule has 0 saturated carbocycles. The SMILES string of the molecule is CCCCC(N)c1ncc(-c2ccc(C)c([N+](=O)[O-])c2)[nH]1. The number of hydrogen-bond donors (Lipinski definition) is 2. The van der Waals surface area contributed by atoms with Gasteiger partial charge in [-0.15, -0.1) is 0 Å². The maximum absolute atomic E-state index is 11.0. The average Bonchev–Trinajstić information content (AvgIpc) is 2.94. The van der Waals surface area contributed by atoms with Crippen LogP contribution in [0.25, 0.3) is 11.3 Å². The fourth-order valence-corrected chi connectivity index (χ4v) is 2.21. The number of unbranched alkanes of at least 4 members (excludes halogenated alkanes) is 1. The number of aromatic amines is 1. The summed E-state index contributed by atoms with van der Waals surface area (Å²) in [6.07, 6.45) is 4.69. The first-order chi connectivity index (χ1) is 10.0. The number of rotatable bonds is 6. The van der Waals surface area contributed by atoms with Crippen molar-refractivity contribution in [1.29, 1.82) is 0 Å². The number of H-pyrrole nitrogens is 1. The molecule has 6 nitrogen and oxygen atoms in total. The highest BCUT2D eigenvalue weighted by molar-refractivity contribution is 5.63. The summed E-state index contributed by atoms with van der Waals surface area (Å²) in [5.41, 5.74) is 8.32. The van der Waals surface area contributed by atoms with Gasteiger partial charge in [0.15, 0.2) is 0 Å². The zero-order valence-corrected chi connectivity index (χ0v) is 12.3. The van der Waals surface area contributed by atoms with E-state index in [1.54, 1.807) is 25.3 Å². The summed E-state index contributed by atoms with van der Waals surface area (Å²) in [5.74, 6) is 0.724. The van der Waals surface area contributed by atoms with E-state index in [0.29, 0.717) is 5.56 Å². The molecule has 1 aromatic heterocycles. The molecule has 0 aliphatic rings. The Bertz CT molecular complexity index is 636. The molecule has 2 aromatic rings. The maximum atomic E-state index is 11.0. The van der Waals surface area contributed by atoms with Gasteiger partial charge in [-0.3, -0.25) is 10.1 Å². The van der Waals surface area contributed by atoms with Crippen LogP contribution in [0.1, 0.15) is 43.6 Å². The summed E-state index contributed by atoms with van der Waals surface area (Å²) >= 11 is 0. The lowest BCUT2D eigenvalue weighted by Crippen LogP contribution is -2.11. The van der Waals surface area contributed by atoms with Gasteiger partial charge in [-0.2, -0.15) is 0 Å². The minimum absolute atomic E-state index is 0.110. The van der Waals surface area contributed by atoms with Crippen molar-refractivity contribution in [2.45, 2.75) is 39.2 Å². The van der Waals surface area contributed by atoms with E-state index in [-0.39, 0.29) is 16.7 Å². The van der Waals surface area contributed by atoms with Crippen molar-refractivity contribution in [3.8, 4) is 11.3 Å². The summed E-state index contributed by atoms with van der Waals surface area (Å²) < 4.78 is 0. The minimum Gasteiger partial charge on any atom is -0.341 e. The number of hydrogen-bond acceptors (Lipinski definition) is 4. The van der Waals surface area contributed by atoms with Gasteiger partial charge in [-0.05, 0) is 13.3 Å². The van der Waals surface area contributed by atoms with E-state index in [4.69, 9.17) is 5.73 Å². The molecule has 0 amide bonds. The lowest BCUT2D eigenvalue weighted by Gasteiger charge is -2.07. The van der Waals surface area contributed by atoms with Crippen LogP contribution in [0, 0.1) is 17.0 Å². The van der Waals surface area contributed by atoms with Crippen LogP contribution in [0.15, 0.2) is 24.4 Å². The molecule has 1 aromatic carbocycles. The Morgan fingerprint density at radius 2 is 2.24 bits per heavy atom. The summed E-state index contributed by atoms with van der Waals surface area (Å²) in [4.78, 5) is 18.1. The minimum atomic E-state index is -0.372. The Morgan fingerprint density at radius 3 is 2.90 bits per heavy atom. The topological polar surface area (TPSA) is 97.8 Å². The molecule has 0 fully saturated rings. The monoisotopic (exact) mass is 288 g/mol. The molecule has 0 bridgehead atoms. The number of benzene rings is 1. The van der Waals surface area contributed by atoms with Crippen LogP contribution in [0.4, 0.5) is 5.69 Å². The molecule has 0 aliphatic heterocycles. The second-order valence-electron chi connectivity index (χ2n) is 5.19. The summed E-state index contributed by atoms with van der Waals surface area (Å²) in [6.45, 7) is 3.84. The van der Waals surface area contributed by atoms with Crippen molar-refractivity contribution < 1.29 is 4.92 Å². The molecule has 0 aliphatic carbocycles.